The summed E-state index contributed by atoms with van der Waals surface area (Å²) in [5, 5.41) is 13.6. The van der Waals surface area contributed by atoms with Gasteiger partial charge < -0.3 is 14.5 Å². The van der Waals surface area contributed by atoms with E-state index in [-0.39, 0.29) is 6.01 Å². The molecule has 1 N–H and O–H groups in total. The van der Waals surface area contributed by atoms with Crippen LogP contribution in [-0.4, -0.2) is 33.8 Å². The molecule has 1 aliphatic rings. The number of anilines is 1. The van der Waals surface area contributed by atoms with Crippen molar-refractivity contribution >= 4 is 23.6 Å². The van der Waals surface area contributed by atoms with E-state index >= 15 is 0 Å². The lowest BCUT2D eigenvalue weighted by atomic mass is 10.2. The molecule has 104 valence electrons. The SMILES string of the molecule is O=C(O)C1CCCN1c1nc(-c2cccc(Cl)c2)no1. The molecule has 6 nitrogen and oxygen atoms in total. The molecule has 1 aromatic heterocycles. The van der Waals surface area contributed by atoms with Crippen LogP contribution < -0.4 is 4.90 Å². The largest absolute Gasteiger partial charge is 0.480 e. The molecule has 1 aliphatic heterocycles. The Morgan fingerprint density at radius 3 is 3.10 bits per heavy atom. The summed E-state index contributed by atoms with van der Waals surface area (Å²) in [6.07, 6.45) is 1.38. The zero-order chi connectivity index (χ0) is 14.1. The molecule has 3 rings (SSSR count). The van der Waals surface area contributed by atoms with E-state index in [1.807, 2.05) is 6.07 Å². The van der Waals surface area contributed by atoms with Crippen molar-refractivity contribution < 1.29 is 14.4 Å². The molecule has 0 saturated carbocycles. The predicted molar refractivity (Wildman–Crippen MR) is 72.7 cm³/mol. The number of rotatable bonds is 3. The molecule has 2 aromatic rings. The molecule has 1 atom stereocenters. The maximum Gasteiger partial charge on any atom is 0.326 e. The minimum Gasteiger partial charge on any atom is -0.480 e. The van der Waals surface area contributed by atoms with Crippen molar-refractivity contribution in [2.45, 2.75) is 18.9 Å². The molecule has 1 fully saturated rings. The Morgan fingerprint density at radius 2 is 2.35 bits per heavy atom. The van der Waals surface area contributed by atoms with E-state index in [1.54, 1.807) is 23.1 Å². The van der Waals surface area contributed by atoms with Crippen LogP contribution in [0.1, 0.15) is 12.8 Å². The fourth-order valence-electron chi connectivity index (χ4n) is 2.33. The van der Waals surface area contributed by atoms with E-state index in [1.165, 1.54) is 0 Å². The van der Waals surface area contributed by atoms with Gasteiger partial charge in [-0.1, -0.05) is 28.9 Å². The van der Waals surface area contributed by atoms with Crippen LogP contribution >= 0.6 is 11.6 Å². The second-order valence-electron chi connectivity index (χ2n) is 4.60. The first kappa shape index (κ1) is 12.9. The van der Waals surface area contributed by atoms with Gasteiger partial charge in [-0.2, -0.15) is 4.98 Å². The molecule has 0 radical (unpaired) electrons. The van der Waals surface area contributed by atoms with Crippen LogP contribution in [0.2, 0.25) is 5.02 Å². The molecule has 0 aliphatic carbocycles. The summed E-state index contributed by atoms with van der Waals surface area (Å²) >= 11 is 5.92. The van der Waals surface area contributed by atoms with Gasteiger partial charge >= 0.3 is 12.0 Å². The molecule has 0 bridgehead atoms. The highest BCUT2D eigenvalue weighted by molar-refractivity contribution is 6.30. The van der Waals surface area contributed by atoms with E-state index in [0.717, 1.165) is 12.0 Å². The van der Waals surface area contributed by atoms with Gasteiger partial charge in [-0.25, -0.2) is 4.79 Å². The van der Waals surface area contributed by atoms with Crippen molar-refractivity contribution in [3.05, 3.63) is 29.3 Å². The number of nitrogens with zero attached hydrogens (tertiary/aromatic N) is 3. The highest BCUT2D eigenvalue weighted by Crippen LogP contribution is 2.27. The predicted octanol–water partition coefficient (Wildman–Crippen LogP) is 2.44. The number of halogens is 1. The first-order valence-electron chi connectivity index (χ1n) is 6.24. The summed E-state index contributed by atoms with van der Waals surface area (Å²) in [6, 6.07) is 6.75. The minimum atomic E-state index is -0.870. The lowest BCUT2D eigenvalue weighted by Crippen LogP contribution is -2.36. The van der Waals surface area contributed by atoms with Crippen LogP contribution in [0.25, 0.3) is 11.4 Å². The van der Waals surface area contributed by atoms with Gasteiger partial charge in [0.25, 0.3) is 0 Å². The smallest absolute Gasteiger partial charge is 0.326 e. The number of carbonyl (C=O) groups is 1. The standard InChI is InChI=1S/C13H12ClN3O3/c14-9-4-1-3-8(7-9)11-15-13(20-16-11)17-6-2-5-10(17)12(18)19/h1,3-4,7,10H,2,5-6H2,(H,18,19). The zero-order valence-corrected chi connectivity index (χ0v) is 11.2. The molecular formula is C13H12ClN3O3. The summed E-state index contributed by atoms with van der Waals surface area (Å²) in [5.41, 5.74) is 0.735. The van der Waals surface area contributed by atoms with Crippen molar-refractivity contribution in [3.8, 4) is 11.4 Å². The third-order valence-corrected chi connectivity index (χ3v) is 3.52. The van der Waals surface area contributed by atoms with E-state index in [2.05, 4.69) is 10.1 Å². The van der Waals surface area contributed by atoms with Crippen LogP contribution in [-0.2, 0) is 4.79 Å². The van der Waals surface area contributed by atoms with Crippen LogP contribution in [0.5, 0.6) is 0 Å². The Morgan fingerprint density at radius 1 is 1.50 bits per heavy atom. The average molecular weight is 294 g/mol. The average Bonchev–Trinajstić information content (AvgIpc) is 3.07. The fraction of sp³-hybridized carbons (Fsp3) is 0.308. The van der Waals surface area contributed by atoms with Gasteiger partial charge in [-0.15, -0.1) is 0 Å². The van der Waals surface area contributed by atoms with Gasteiger partial charge in [0.2, 0.25) is 5.82 Å². The maximum atomic E-state index is 11.2. The number of carboxylic acid groups (broad SMARTS) is 1. The molecule has 0 amide bonds. The van der Waals surface area contributed by atoms with Crippen molar-refractivity contribution in [3.63, 3.8) is 0 Å². The van der Waals surface area contributed by atoms with E-state index in [4.69, 9.17) is 21.2 Å². The van der Waals surface area contributed by atoms with E-state index in [0.29, 0.717) is 23.8 Å². The topological polar surface area (TPSA) is 79.5 Å². The Labute approximate surface area is 120 Å². The Hall–Kier alpha value is -2.08. The van der Waals surface area contributed by atoms with Gasteiger partial charge in [-0.05, 0) is 25.0 Å². The highest BCUT2D eigenvalue weighted by Gasteiger charge is 2.34. The van der Waals surface area contributed by atoms with Crippen LogP contribution in [0.3, 0.4) is 0 Å². The van der Waals surface area contributed by atoms with Crippen LogP contribution in [0.15, 0.2) is 28.8 Å². The third-order valence-electron chi connectivity index (χ3n) is 3.28. The molecule has 20 heavy (non-hydrogen) atoms. The highest BCUT2D eigenvalue weighted by atomic mass is 35.5. The zero-order valence-electron chi connectivity index (χ0n) is 10.5. The molecule has 1 saturated heterocycles. The molecular weight excluding hydrogens is 282 g/mol. The summed E-state index contributed by atoms with van der Waals surface area (Å²) in [4.78, 5) is 17.0. The quantitative estimate of drug-likeness (QED) is 0.936. The summed E-state index contributed by atoms with van der Waals surface area (Å²) in [7, 11) is 0. The summed E-state index contributed by atoms with van der Waals surface area (Å²) in [6.45, 7) is 0.605. The Bertz CT molecular complexity index is 643. The monoisotopic (exact) mass is 293 g/mol. The minimum absolute atomic E-state index is 0.241. The Kier molecular flexibility index (Phi) is 3.31. The molecule has 7 heteroatoms. The number of carboxylic acids is 1. The van der Waals surface area contributed by atoms with Gasteiger partial charge in [-0.3, -0.25) is 0 Å². The van der Waals surface area contributed by atoms with E-state index < -0.39 is 12.0 Å². The first-order valence-corrected chi connectivity index (χ1v) is 6.62. The first-order chi connectivity index (χ1) is 9.65. The lowest BCUT2D eigenvalue weighted by molar-refractivity contribution is -0.138. The van der Waals surface area contributed by atoms with Gasteiger partial charge in [0, 0.05) is 17.1 Å². The van der Waals surface area contributed by atoms with Gasteiger partial charge in [0.15, 0.2) is 0 Å². The number of aromatic nitrogens is 2. The number of hydrogen-bond donors (Lipinski definition) is 1. The van der Waals surface area contributed by atoms with Gasteiger partial charge in [0.1, 0.15) is 6.04 Å². The molecule has 1 aromatic carbocycles. The van der Waals surface area contributed by atoms with Crippen LogP contribution in [0, 0.1) is 0 Å². The number of hydrogen-bond acceptors (Lipinski definition) is 5. The van der Waals surface area contributed by atoms with E-state index in [9.17, 15) is 4.79 Å². The fourth-order valence-corrected chi connectivity index (χ4v) is 2.52. The summed E-state index contributed by atoms with van der Waals surface area (Å²) < 4.78 is 5.18. The van der Waals surface area contributed by atoms with Crippen molar-refractivity contribution in [2.24, 2.45) is 0 Å². The van der Waals surface area contributed by atoms with Gasteiger partial charge in [0.05, 0.1) is 0 Å². The molecule has 2 heterocycles. The lowest BCUT2D eigenvalue weighted by Gasteiger charge is -2.17. The normalized spacial score (nSPS) is 18.4. The van der Waals surface area contributed by atoms with Crippen molar-refractivity contribution in [1.29, 1.82) is 0 Å². The Balaban J connectivity index is 1.89. The summed E-state index contributed by atoms with van der Waals surface area (Å²) in [5.74, 6) is -0.469. The second kappa shape index (κ2) is 5.13. The maximum absolute atomic E-state index is 11.2. The number of benzene rings is 1. The van der Waals surface area contributed by atoms with Crippen molar-refractivity contribution in [1.82, 2.24) is 10.1 Å². The second-order valence-corrected chi connectivity index (χ2v) is 5.04. The number of aliphatic carboxylic acids is 1. The van der Waals surface area contributed by atoms with Crippen molar-refractivity contribution in [2.75, 3.05) is 11.4 Å². The van der Waals surface area contributed by atoms with Crippen LogP contribution in [0.4, 0.5) is 6.01 Å². The molecule has 1 unspecified atom stereocenters. The molecule has 0 spiro atoms. The third kappa shape index (κ3) is 2.34.